The molecule has 0 radical (unpaired) electrons. The molecular formula is C21H18ClF3N6O3. The highest BCUT2D eigenvalue weighted by Gasteiger charge is 2.31. The second-order valence-corrected chi connectivity index (χ2v) is 8.06. The Hall–Kier alpha value is -3.67. The van der Waals surface area contributed by atoms with E-state index < -0.39 is 16.7 Å². The molecule has 0 N–H and O–H groups in total. The first-order valence-corrected chi connectivity index (χ1v) is 10.5. The van der Waals surface area contributed by atoms with Crippen molar-refractivity contribution in [3.8, 4) is 5.69 Å². The van der Waals surface area contributed by atoms with Gasteiger partial charge in [-0.15, -0.1) is 5.10 Å². The highest BCUT2D eigenvalue weighted by molar-refractivity contribution is 6.33. The number of nitro benzene ring substituents is 1. The molecule has 1 saturated heterocycles. The fraction of sp³-hybridized carbons (Fsp3) is 0.286. The molecule has 9 nitrogen and oxygen atoms in total. The molecule has 2 aromatic carbocycles. The Labute approximate surface area is 196 Å². The Morgan fingerprint density at radius 1 is 1.09 bits per heavy atom. The van der Waals surface area contributed by atoms with Gasteiger partial charge in [0.1, 0.15) is 0 Å². The van der Waals surface area contributed by atoms with Crippen molar-refractivity contribution in [2.24, 2.45) is 0 Å². The molecule has 0 aliphatic carbocycles. The molecule has 1 amide bonds. The lowest BCUT2D eigenvalue weighted by Gasteiger charge is -2.36. The van der Waals surface area contributed by atoms with Crippen LogP contribution in [0.15, 0.2) is 42.5 Å². The molecule has 1 aromatic heterocycles. The highest BCUT2D eigenvalue weighted by Crippen LogP contribution is 2.31. The Balaban J connectivity index is 1.45. The molecule has 4 rings (SSSR count). The van der Waals surface area contributed by atoms with E-state index in [4.69, 9.17) is 11.6 Å². The van der Waals surface area contributed by atoms with Gasteiger partial charge in [-0.1, -0.05) is 16.8 Å². The van der Waals surface area contributed by atoms with Crippen molar-refractivity contribution in [2.45, 2.75) is 13.1 Å². The number of hydrogen-bond donors (Lipinski definition) is 0. The number of nitro groups is 1. The maximum absolute atomic E-state index is 13.0. The molecule has 0 spiro atoms. The molecule has 1 fully saturated rings. The van der Waals surface area contributed by atoms with Crippen LogP contribution in [0, 0.1) is 17.0 Å². The molecule has 178 valence electrons. The number of carbonyl (C=O) groups is 1. The minimum atomic E-state index is -4.45. The number of piperazine rings is 1. The van der Waals surface area contributed by atoms with Gasteiger partial charge in [0.05, 0.1) is 32.6 Å². The first-order valence-electron chi connectivity index (χ1n) is 10.1. The van der Waals surface area contributed by atoms with E-state index in [1.807, 2.05) is 4.90 Å². The largest absolute Gasteiger partial charge is 0.416 e. The Morgan fingerprint density at radius 2 is 1.74 bits per heavy atom. The van der Waals surface area contributed by atoms with Crippen LogP contribution in [0.1, 0.15) is 21.7 Å². The minimum absolute atomic E-state index is 0.103. The molecule has 1 aliphatic rings. The zero-order valence-electron chi connectivity index (χ0n) is 17.8. The number of amides is 1. The molecule has 1 aliphatic heterocycles. The van der Waals surface area contributed by atoms with Crippen LogP contribution in [-0.4, -0.2) is 56.9 Å². The summed E-state index contributed by atoms with van der Waals surface area (Å²) in [5.41, 5.74) is 0.635. The molecule has 0 saturated carbocycles. The van der Waals surface area contributed by atoms with Crippen molar-refractivity contribution in [2.75, 3.05) is 31.1 Å². The van der Waals surface area contributed by atoms with Crippen LogP contribution in [0.4, 0.5) is 24.5 Å². The number of nitrogens with zero attached hydrogens (tertiary/aromatic N) is 6. The average Bonchev–Trinajstić information content (AvgIpc) is 3.19. The topological polar surface area (TPSA) is 97.4 Å². The van der Waals surface area contributed by atoms with Crippen LogP contribution in [0.2, 0.25) is 5.02 Å². The quantitative estimate of drug-likeness (QED) is 0.400. The summed E-state index contributed by atoms with van der Waals surface area (Å²) in [4.78, 5) is 26.9. The summed E-state index contributed by atoms with van der Waals surface area (Å²) in [5, 5.41) is 19.1. The number of rotatable bonds is 4. The van der Waals surface area contributed by atoms with Crippen molar-refractivity contribution in [3.63, 3.8) is 0 Å². The average molecular weight is 495 g/mol. The van der Waals surface area contributed by atoms with Gasteiger partial charge in [-0.05, 0) is 37.3 Å². The Kier molecular flexibility index (Phi) is 6.17. The molecule has 34 heavy (non-hydrogen) atoms. The predicted octanol–water partition coefficient (Wildman–Crippen LogP) is 4.12. The van der Waals surface area contributed by atoms with E-state index in [1.165, 1.54) is 28.9 Å². The third kappa shape index (κ3) is 4.53. The standard InChI is InChI=1S/C21H18ClF3N6O3/c1-13-19(26-27-30(13)15-4-2-14(3-5-15)21(23,24)25)20(32)29-10-8-28(9-11-29)18-7-6-16(31(33)34)12-17(18)22/h2-7,12H,8-11H2,1H3. The summed E-state index contributed by atoms with van der Waals surface area (Å²) >= 11 is 6.21. The van der Waals surface area contributed by atoms with Gasteiger partial charge in [0.25, 0.3) is 11.6 Å². The number of alkyl halides is 3. The van der Waals surface area contributed by atoms with E-state index in [0.29, 0.717) is 43.2 Å². The van der Waals surface area contributed by atoms with Gasteiger partial charge in [-0.2, -0.15) is 13.2 Å². The van der Waals surface area contributed by atoms with Crippen LogP contribution < -0.4 is 4.90 Å². The minimum Gasteiger partial charge on any atom is -0.367 e. The second kappa shape index (κ2) is 8.93. The van der Waals surface area contributed by atoms with Crippen molar-refractivity contribution in [1.29, 1.82) is 0 Å². The molecule has 0 atom stereocenters. The van der Waals surface area contributed by atoms with Gasteiger partial charge >= 0.3 is 6.18 Å². The number of hydrogen-bond acceptors (Lipinski definition) is 6. The monoisotopic (exact) mass is 494 g/mol. The summed E-state index contributed by atoms with van der Waals surface area (Å²) in [7, 11) is 0. The number of aromatic nitrogens is 3. The van der Waals surface area contributed by atoms with Gasteiger partial charge in [0.2, 0.25) is 0 Å². The van der Waals surface area contributed by atoms with Crippen molar-refractivity contribution < 1.29 is 22.9 Å². The first kappa shape index (κ1) is 23.5. The lowest BCUT2D eigenvalue weighted by Crippen LogP contribution is -2.49. The Bertz CT molecular complexity index is 1240. The SMILES string of the molecule is Cc1c(C(=O)N2CCN(c3ccc([N+](=O)[O-])cc3Cl)CC2)nnn1-c1ccc(C(F)(F)F)cc1. The third-order valence-electron chi connectivity index (χ3n) is 5.59. The van der Waals surface area contributed by atoms with Crippen molar-refractivity contribution in [1.82, 2.24) is 19.9 Å². The molecule has 2 heterocycles. The first-order chi connectivity index (χ1) is 16.1. The van der Waals surface area contributed by atoms with E-state index in [2.05, 4.69) is 10.3 Å². The number of non-ortho nitro benzene ring substituents is 1. The lowest BCUT2D eigenvalue weighted by atomic mass is 10.2. The maximum atomic E-state index is 13.0. The van der Waals surface area contributed by atoms with Crippen LogP contribution in [-0.2, 0) is 6.18 Å². The zero-order chi connectivity index (χ0) is 24.6. The molecule has 0 unspecified atom stereocenters. The predicted molar refractivity (Wildman–Crippen MR) is 117 cm³/mol. The maximum Gasteiger partial charge on any atom is 0.416 e. The van der Waals surface area contributed by atoms with E-state index in [9.17, 15) is 28.1 Å². The summed E-state index contributed by atoms with van der Waals surface area (Å²) in [6.07, 6.45) is -4.45. The fourth-order valence-corrected chi connectivity index (χ4v) is 4.02. The van der Waals surface area contributed by atoms with Gasteiger partial charge in [0, 0.05) is 38.3 Å². The van der Waals surface area contributed by atoms with Gasteiger partial charge in [-0.25, -0.2) is 4.68 Å². The van der Waals surface area contributed by atoms with Gasteiger partial charge < -0.3 is 9.80 Å². The molecule has 13 heteroatoms. The summed E-state index contributed by atoms with van der Waals surface area (Å²) in [6, 6.07) is 8.68. The van der Waals surface area contributed by atoms with Crippen LogP contribution in [0.3, 0.4) is 0 Å². The van der Waals surface area contributed by atoms with E-state index in [0.717, 1.165) is 12.1 Å². The normalized spacial score (nSPS) is 14.4. The van der Waals surface area contributed by atoms with Gasteiger partial charge in [-0.3, -0.25) is 14.9 Å². The van der Waals surface area contributed by atoms with Crippen molar-refractivity contribution >= 4 is 28.9 Å². The fourth-order valence-electron chi connectivity index (χ4n) is 3.73. The smallest absolute Gasteiger partial charge is 0.367 e. The summed E-state index contributed by atoms with van der Waals surface area (Å²) < 4.78 is 39.7. The molecular weight excluding hydrogens is 477 g/mol. The van der Waals surface area contributed by atoms with Crippen molar-refractivity contribution in [3.05, 3.63) is 74.6 Å². The summed E-state index contributed by atoms with van der Waals surface area (Å²) in [5.74, 6) is -0.342. The highest BCUT2D eigenvalue weighted by atomic mass is 35.5. The number of halogens is 4. The van der Waals surface area contributed by atoms with Crippen LogP contribution in [0.5, 0.6) is 0 Å². The van der Waals surface area contributed by atoms with Crippen LogP contribution >= 0.6 is 11.6 Å². The second-order valence-electron chi connectivity index (χ2n) is 7.65. The lowest BCUT2D eigenvalue weighted by molar-refractivity contribution is -0.384. The Morgan fingerprint density at radius 3 is 2.29 bits per heavy atom. The van der Waals surface area contributed by atoms with E-state index in [-0.39, 0.29) is 22.3 Å². The summed E-state index contributed by atoms with van der Waals surface area (Å²) in [6.45, 7) is 3.25. The molecule has 0 bridgehead atoms. The van der Waals surface area contributed by atoms with Gasteiger partial charge in [0.15, 0.2) is 5.69 Å². The van der Waals surface area contributed by atoms with E-state index in [1.54, 1.807) is 17.9 Å². The van der Waals surface area contributed by atoms with Crippen LogP contribution in [0.25, 0.3) is 5.69 Å². The zero-order valence-corrected chi connectivity index (χ0v) is 18.5. The number of carbonyl (C=O) groups excluding carboxylic acids is 1. The number of benzene rings is 2. The third-order valence-corrected chi connectivity index (χ3v) is 5.89. The molecule has 3 aromatic rings. The van der Waals surface area contributed by atoms with E-state index >= 15 is 0 Å². The number of anilines is 1.